The third-order valence-corrected chi connectivity index (χ3v) is 7.41. The van der Waals surface area contributed by atoms with Crippen LogP contribution in [0.4, 0.5) is 0 Å². The van der Waals surface area contributed by atoms with Gasteiger partial charge in [0.1, 0.15) is 0 Å². The zero-order valence-electron chi connectivity index (χ0n) is 14.8. The van der Waals surface area contributed by atoms with Crippen molar-refractivity contribution in [2.75, 3.05) is 0 Å². The standard InChI is InChI=1S/C22H18NO2S.ClH/c1-14-13-26-21-20-18-5-3-2-4-17(18)19(23(14)21)10-22(20,15-6-8-24-11-15)16-7-9-25-12-16;/h2-9,11-13,19-20H,10H2,1H3;1H/q+1;/p-1. The summed E-state index contributed by atoms with van der Waals surface area (Å²) in [6.07, 6.45) is 8.43. The van der Waals surface area contributed by atoms with Crippen LogP contribution in [0.5, 0.6) is 0 Å². The summed E-state index contributed by atoms with van der Waals surface area (Å²) in [5, 5.41) is 3.72. The fourth-order valence-corrected chi connectivity index (χ4v) is 6.52. The topological polar surface area (TPSA) is 30.2 Å². The highest BCUT2D eigenvalue weighted by molar-refractivity contribution is 7.09. The van der Waals surface area contributed by atoms with E-state index in [9.17, 15) is 0 Å². The molecule has 0 amide bonds. The van der Waals surface area contributed by atoms with Gasteiger partial charge >= 0.3 is 0 Å². The van der Waals surface area contributed by atoms with Gasteiger partial charge in [-0.25, -0.2) is 0 Å². The van der Waals surface area contributed by atoms with E-state index in [2.05, 4.69) is 53.3 Å². The van der Waals surface area contributed by atoms with E-state index in [1.807, 2.05) is 23.9 Å². The molecule has 3 aromatic heterocycles. The number of thiazole rings is 1. The number of furan rings is 2. The van der Waals surface area contributed by atoms with Gasteiger partial charge in [0.2, 0.25) is 5.01 Å². The Kier molecular flexibility index (Phi) is 3.65. The molecule has 5 heterocycles. The Morgan fingerprint density at radius 3 is 2.30 bits per heavy atom. The van der Waals surface area contributed by atoms with Gasteiger partial charge in [-0.1, -0.05) is 35.6 Å². The van der Waals surface area contributed by atoms with Crippen molar-refractivity contribution in [1.29, 1.82) is 0 Å². The maximum Gasteiger partial charge on any atom is 0.246 e. The van der Waals surface area contributed by atoms with Crippen molar-refractivity contribution < 1.29 is 25.8 Å². The Morgan fingerprint density at radius 2 is 1.67 bits per heavy atom. The van der Waals surface area contributed by atoms with Gasteiger partial charge in [0, 0.05) is 30.0 Å². The number of fused-ring (bicyclic) bond motifs is 1. The van der Waals surface area contributed by atoms with Gasteiger partial charge in [-0.05, 0) is 17.7 Å². The summed E-state index contributed by atoms with van der Waals surface area (Å²) in [6, 6.07) is 13.5. The van der Waals surface area contributed by atoms with Crippen molar-refractivity contribution in [2.24, 2.45) is 0 Å². The Labute approximate surface area is 167 Å². The summed E-state index contributed by atoms with van der Waals surface area (Å²) < 4.78 is 13.6. The first kappa shape index (κ1) is 16.8. The molecule has 0 fully saturated rings. The number of aromatic nitrogens is 1. The Morgan fingerprint density at radius 1 is 1.00 bits per heavy atom. The third kappa shape index (κ3) is 2.00. The van der Waals surface area contributed by atoms with E-state index in [0.29, 0.717) is 6.04 Å². The molecule has 7 rings (SSSR count). The van der Waals surface area contributed by atoms with Crippen LogP contribution in [-0.4, -0.2) is 0 Å². The van der Waals surface area contributed by atoms with Crippen LogP contribution < -0.4 is 17.0 Å². The van der Waals surface area contributed by atoms with Crippen molar-refractivity contribution >= 4 is 11.3 Å². The SMILES string of the molecule is Cc1csc2[n+]1C1CC(c3ccoc3)(c3ccoc3)C2c2ccccc21.[Cl-]. The fourth-order valence-electron chi connectivity index (χ4n) is 5.26. The molecule has 2 aliphatic heterocycles. The minimum absolute atomic E-state index is 0. The van der Waals surface area contributed by atoms with Crippen LogP contribution in [0.2, 0.25) is 0 Å². The van der Waals surface area contributed by atoms with Gasteiger partial charge in [0.25, 0.3) is 0 Å². The van der Waals surface area contributed by atoms with Gasteiger partial charge in [-0.2, -0.15) is 4.57 Å². The van der Waals surface area contributed by atoms with E-state index < -0.39 is 0 Å². The normalized spacial score (nSPS) is 21.4. The second-order valence-corrected chi connectivity index (χ2v) is 8.25. The van der Waals surface area contributed by atoms with E-state index in [1.165, 1.54) is 33.0 Å². The molecule has 5 heteroatoms. The molecule has 0 saturated carbocycles. The van der Waals surface area contributed by atoms with E-state index >= 15 is 0 Å². The first-order valence-corrected chi connectivity index (χ1v) is 9.82. The number of nitrogens with zero attached hydrogens (tertiary/aromatic N) is 1. The van der Waals surface area contributed by atoms with Crippen molar-refractivity contribution in [3.8, 4) is 0 Å². The van der Waals surface area contributed by atoms with Crippen molar-refractivity contribution in [1.82, 2.24) is 0 Å². The lowest BCUT2D eigenvalue weighted by Crippen LogP contribution is -3.00. The maximum atomic E-state index is 5.55. The number of hydrogen-bond acceptors (Lipinski definition) is 3. The molecule has 3 nitrogen and oxygen atoms in total. The predicted molar refractivity (Wildman–Crippen MR) is 98.5 cm³/mol. The first-order valence-electron chi connectivity index (χ1n) is 8.94. The van der Waals surface area contributed by atoms with E-state index in [1.54, 1.807) is 12.5 Å². The van der Waals surface area contributed by atoms with E-state index in [4.69, 9.17) is 8.83 Å². The highest BCUT2D eigenvalue weighted by Crippen LogP contribution is 2.60. The van der Waals surface area contributed by atoms with Crippen molar-refractivity contribution in [3.05, 3.63) is 99.8 Å². The summed E-state index contributed by atoms with van der Waals surface area (Å²) in [7, 11) is 0. The lowest BCUT2D eigenvalue weighted by Gasteiger charge is -2.47. The number of benzene rings is 1. The second-order valence-electron chi connectivity index (χ2n) is 7.36. The summed E-state index contributed by atoms with van der Waals surface area (Å²) in [5.41, 5.74) is 6.56. The lowest BCUT2D eigenvalue weighted by atomic mass is 9.55. The molecule has 1 aliphatic carbocycles. The minimum atomic E-state index is -0.156. The molecule has 2 atom stereocenters. The minimum Gasteiger partial charge on any atom is -1.00 e. The molecule has 4 aromatic rings. The van der Waals surface area contributed by atoms with Crippen LogP contribution in [0.15, 0.2) is 75.7 Å². The molecule has 2 bridgehead atoms. The molecule has 3 aliphatic rings. The summed E-state index contributed by atoms with van der Waals surface area (Å²) in [6.45, 7) is 2.22. The summed E-state index contributed by atoms with van der Waals surface area (Å²) >= 11 is 1.88. The van der Waals surface area contributed by atoms with Crippen molar-refractivity contribution in [3.63, 3.8) is 0 Å². The fraction of sp³-hybridized carbons (Fsp3) is 0.227. The van der Waals surface area contributed by atoms with Gasteiger partial charge in [-0.15, -0.1) is 0 Å². The molecule has 0 N–H and O–H groups in total. The molecular formula is C22H18ClNO2S. The van der Waals surface area contributed by atoms with Crippen LogP contribution >= 0.6 is 11.3 Å². The van der Waals surface area contributed by atoms with Crippen molar-refractivity contribution in [2.45, 2.75) is 30.7 Å². The van der Waals surface area contributed by atoms with Crippen LogP contribution in [-0.2, 0) is 5.41 Å². The quantitative estimate of drug-likeness (QED) is 0.486. The van der Waals surface area contributed by atoms with Crippen LogP contribution in [0.3, 0.4) is 0 Å². The average Bonchev–Trinajstić information content (AvgIpc) is 3.44. The Balaban J connectivity index is 0.00000160. The smallest absolute Gasteiger partial charge is 0.246 e. The summed E-state index contributed by atoms with van der Waals surface area (Å²) in [5.74, 6) is 0.262. The average molecular weight is 396 g/mol. The van der Waals surface area contributed by atoms with Crippen LogP contribution in [0.1, 0.15) is 51.3 Å². The monoisotopic (exact) mass is 395 g/mol. The largest absolute Gasteiger partial charge is 1.00 e. The Bertz CT molecular complexity index is 1060. The molecule has 0 saturated heterocycles. The summed E-state index contributed by atoms with van der Waals surface area (Å²) in [4.78, 5) is 0. The van der Waals surface area contributed by atoms with Gasteiger partial charge < -0.3 is 21.2 Å². The molecule has 0 spiro atoms. The van der Waals surface area contributed by atoms with E-state index in [0.717, 1.165) is 6.42 Å². The van der Waals surface area contributed by atoms with Crippen LogP contribution in [0, 0.1) is 6.92 Å². The zero-order chi connectivity index (χ0) is 17.3. The molecule has 1 aromatic carbocycles. The third-order valence-electron chi connectivity index (χ3n) is 6.27. The number of hydrogen-bond donors (Lipinski definition) is 0. The molecule has 2 unspecified atom stereocenters. The lowest BCUT2D eigenvalue weighted by molar-refractivity contribution is -0.732. The molecular weight excluding hydrogens is 378 g/mol. The predicted octanol–water partition coefficient (Wildman–Crippen LogP) is 1.96. The maximum absolute atomic E-state index is 5.55. The number of aryl methyl sites for hydroxylation is 1. The molecule has 27 heavy (non-hydrogen) atoms. The Hall–Kier alpha value is -2.30. The first-order chi connectivity index (χ1) is 12.8. The zero-order valence-corrected chi connectivity index (χ0v) is 16.3. The van der Waals surface area contributed by atoms with E-state index in [-0.39, 0.29) is 23.7 Å². The van der Waals surface area contributed by atoms with Crippen LogP contribution in [0.25, 0.3) is 0 Å². The van der Waals surface area contributed by atoms with Gasteiger partial charge in [0.15, 0.2) is 11.7 Å². The highest BCUT2D eigenvalue weighted by atomic mass is 35.5. The second kappa shape index (κ2) is 5.85. The number of halogens is 1. The molecule has 0 radical (unpaired) electrons. The van der Waals surface area contributed by atoms with Gasteiger partial charge in [0.05, 0.1) is 41.8 Å². The number of rotatable bonds is 2. The van der Waals surface area contributed by atoms with Gasteiger partial charge in [-0.3, -0.25) is 0 Å². The molecule has 136 valence electrons. The highest BCUT2D eigenvalue weighted by Gasteiger charge is 2.61.